The number of hydrogen-bond donors (Lipinski definition) is 0. The van der Waals surface area contributed by atoms with Crippen molar-refractivity contribution in [1.82, 2.24) is 0 Å². The Morgan fingerprint density at radius 1 is 1.05 bits per heavy atom. The van der Waals surface area contributed by atoms with E-state index >= 15 is 0 Å². The molecular weight excluding hydrogens is 236 g/mol. The van der Waals surface area contributed by atoms with Gasteiger partial charge in [-0.1, -0.05) is 35.9 Å². The number of carbonyl (C=O) groups is 1. The number of hydrogen-bond acceptors (Lipinski definition) is 2. The molecule has 0 saturated heterocycles. The molecule has 0 amide bonds. The average Bonchev–Trinajstić information content (AvgIpc) is 2.40. The topological polar surface area (TPSA) is 26.3 Å². The lowest BCUT2D eigenvalue weighted by Gasteiger charge is -2.10. The van der Waals surface area contributed by atoms with Crippen molar-refractivity contribution in [3.05, 3.63) is 64.7 Å². The van der Waals surface area contributed by atoms with Crippen LogP contribution in [-0.2, 0) is 0 Å². The van der Waals surface area contributed by atoms with Gasteiger partial charge in [-0.25, -0.2) is 0 Å². The van der Waals surface area contributed by atoms with Gasteiger partial charge in [0.15, 0.2) is 12.4 Å². The van der Waals surface area contributed by atoms with Gasteiger partial charge in [-0.2, -0.15) is 0 Å². The van der Waals surface area contributed by atoms with Crippen LogP contribution in [0.3, 0.4) is 0 Å². The molecule has 2 nitrogen and oxygen atoms in total. The van der Waals surface area contributed by atoms with Crippen LogP contribution in [0.5, 0.6) is 5.75 Å². The van der Waals surface area contributed by atoms with Crippen LogP contribution in [0.2, 0.25) is 0 Å². The summed E-state index contributed by atoms with van der Waals surface area (Å²) in [6.07, 6.45) is 0. The first-order valence-corrected chi connectivity index (χ1v) is 6.37. The molecule has 0 N–H and O–H groups in total. The zero-order valence-electron chi connectivity index (χ0n) is 11.6. The predicted molar refractivity (Wildman–Crippen MR) is 76.9 cm³/mol. The lowest BCUT2D eigenvalue weighted by molar-refractivity contribution is 0.0921. The molecule has 0 bridgehead atoms. The van der Waals surface area contributed by atoms with Gasteiger partial charge in [0, 0.05) is 5.56 Å². The van der Waals surface area contributed by atoms with Gasteiger partial charge < -0.3 is 4.74 Å². The second-order valence-electron chi connectivity index (χ2n) is 4.78. The van der Waals surface area contributed by atoms with Crippen molar-refractivity contribution < 1.29 is 9.53 Å². The molecule has 0 atom stereocenters. The van der Waals surface area contributed by atoms with Crippen molar-refractivity contribution in [1.29, 1.82) is 0 Å². The molecule has 0 spiro atoms. The summed E-state index contributed by atoms with van der Waals surface area (Å²) in [5, 5.41) is 0. The predicted octanol–water partition coefficient (Wildman–Crippen LogP) is 3.87. The molecule has 0 aliphatic rings. The zero-order valence-corrected chi connectivity index (χ0v) is 11.6. The van der Waals surface area contributed by atoms with Crippen LogP contribution in [0.1, 0.15) is 27.0 Å². The summed E-state index contributed by atoms with van der Waals surface area (Å²) in [7, 11) is 0. The second kappa shape index (κ2) is 5.70. The largest absolute Gasteiger partial charge is 0.485 e. The van der Waals surface area contributed by atoms with Gasteiger partial charge in [0.2, 0.25) is 0 Å². The lowest BCUT2D eigenvalue weighted by atomic mass is 10.1. The van der Waals surface area contributed by atoms with E-state index in [1.54, 1.807) is 0 Å². The second-order valence-corrected chi connectivity index (χ2v) is 4.78. The average molecular weight is 254 g/mol. The van der Waals surface area contributed by atoms with Crippen LogP contribution in [0.25, 0.3) is 0 Å². The first-order valence-electron chi connectivity index (χ1n) is 6.37. The first kappa shape index (κ1) is 13.3. The Hall–Kier alpha value is -2.09. The van der Waals surface area contributed by atoms with E-state index in [1.165, 1.54) is 5.56 Å². The number of ketones is 1. The van der Waals surface area contributed by atoms with E-state index in [9.17, 15) is 4.79 Å². The van der Waals surface area contributed by atoms with E-state index in [0.717, 1.165) is 16.9 Å². The standard InChI is InChI=1S/C17H18O2/c1-12-6-4-8-15(10-12)16(18)11-19-17-9-5-7-13(2)14(17)3/h4-10H,11H2,1-3H3. The van der Waals surface area contributed by atoms with Gasteiger partial charge in [-0.05, 0) is 44.0 Å². The highest BCUT2D eigenvalue weighted by molar-refractivity contribution is 5.97. The zero-order chi connectivity index (χ0) is 13.8. The molecule has 0 heterocycles. The summed E-state index contributed by atoms with van der Waals surface area (Å²) >= 11 is 0. The maximum Gasteiger partial charge on any atom is 0.200 e. The molecule has 0 aromatic heterocycles. The Kier molecular flexibility index (Phi) is 4.00. The molecule has 2 heteroatoms. The van der Waals surface area contributed by atoms with Crippen molar-refractivity contribution in [3.63, 3.8) is 0 Å². The van der Waals surface area contributed by atoms with Crippen molar-refractivity contribution in [2.75, 3.05) is 6.61 Å². The maximum atomic E-state index is 12.0. The summed E-state index contributed by atoms with van der Waals surface area (Å²) in [6.45, 7) is 6.09. The highest BCUT2D eigenvalue weighted by Gasteiger charge is 2.08. The molecule has 98 valence electrons. The first-order chi connectivity index (χ1) is 9.08. The summed E-state index contributed by atoms with van der Waals surface area (Å²) < 4.78 is 5.62. The van der Waals surface area contributed by atoms with E-state index in [2.05, 4.69) is 0 Å². The molecule has 0 aliphatic heterocycles. The molecule has 2 rings (SSSR count). The number of carbonyl (C=O) groups excluding carboxylic acids is 1. The van der Waals surface area contributed by atoms with E-state index in [4.69, 9.17) is 4.74 Å². The molecule has 0 aliphatic carbocycles. The Morgan fingerprint density at radius 2 is 1.79 bits per heavy atom. The smallest absolute Gasteiger partial charge is 0.200 e. The molecule has 19 heavy (non-hydrogen) atoms. The Morgan fingerprint density at radius 3 is 2.53 bits per heavy atom. The molecule has 0 saturated carbocycles. The molecular formula is C17H18O2. The highest BCUT2D eigenvalue weighted by Crippen LogP contribution is 2.20. The number of ether oxygens (including phenoxy) is 1. The summed E-state index contributed by atoms with van der Waals surface area (Å²) in [5.41, 5.74) is 4.03. The minimum Gasteiger partial charge on any atom is -0.485 e. The third kappa shape index (κ3) is 3.22. The van der Waals surface area contributed by atoms with Crippen molar-refractivity contribution in [2.45, 2.75) is 20.8 Å². The van der Waals surface area contributed by atoms with E-state index < -0.39 is 0 Å². The van der Waals surface area contributed by atoms with Crippen molar-refractivity contribution >= 4 is 5.78 Å². The number of benzene rings is 2. The molecule has 0 radical (unpaired) electrons. The van der Waals surface area contributed by atoms with Crippen LogP contribution in [-0.4, -0.2) is 12.4 Å². The van der Waals surface area contributed by atoms with Gasteiger partial charge >= 0.3 is 0 Å². The molecule has 0 unspecified atom stereocenters. The minimum atomic E-state index is 0.00426. The fraction of sp³-hybridized carbons (Fsp3) is 0.235. The van der Waals surface area contributed by atoms with Gasteiger partial charge in [0.1, 0.15) is 5.75 Å². The highest BCUT2D eigenvalue weighted by atomic mass is 16.5. The van der Waals surface area contributed by atoms with Crippen LogP contribution in [0, 0.1) is 20.8 Å². The number of Topliss-reactive ketones (excluding diaryl/α,β-unsaturated/α-hetero) is 1. The quantitative estimate of drug-likeness (QED) is 0.774. The Bertz CT molecular complexity index is 600. The summed E-state index contributed by atoms with van der Waals surface area (Å²) in [6, 6.07) is 13.4. The summed E-state index contributed by atoms with van der Waals surface area (Å²) in [4.78, 5) is 12.0. The monoisotopic (exact) mass is 254 g/mol. The van der Waals surface area contributed by atoms with Crippen LogP contribution < -0.4 is 4.74 Å². The van der Waals surface area contributed by atoms with Gasteiger partial charge in [-0.15, -0.1) is 0 Å². The number of rotatable bonds is 4. The van der Waals surface area contributed by atoms with Gasteiger partial charge in [0.05, 0.1) is 0 Å². The van der Waals surface area contributed by atoms with Crippen molar-refractivity contribution in [3.8, 4) is 5.75 Å². The number of aryl methyl sites for hydroxylation is 2. The fourth-order valence-corrected chi connectivity index (χ4v) is 1.93. The maximum absolute atomic E-state index is 12.0. The SMILES string of the molecule is Cc1cccc(C(=O)COc2cccc(C)c2C)c1. The van der Waals surface area contributed by atoms with Crippen LogP contribution in [0.4, 0.5) is 0 Å². The van der Waals surface area contributed by atoms with E-state index in [-0.39, 0.29) is 12.4 Å². The third-order valence-corrected chi connectivity index (χ3v) is 3.25. The molecule has 2 aromatic carbocycles. The Labute approximate surface area is 114 Å². The van der Waals surface area contributed by atoms with Crippen LogP contribution in [0.15, 0.2) is 42.5 Å². The fourth-order valence-electron chi connectivity index (χ4n) is 1.93. The van der Waals surface area contributed by atoms with Crippen LogP contribution >= 0.6 is 0 Å². The lowest BCUT2D eigenvalue weighted by Crippen LogP contribution is -2.12. The normalized spacial score (nSPS) is 10.3. The van der Waals surface area contributed by atoms with Crippen molar-refractivity contribution in [2.24, 2.45) is 0 Å². The molecule has 2 aromatic rings. The van der Waals surface area contributed by atoms with E-state index in [0.29, 0.717) is 5.56 Å². The summed E-state index contributed by atoms with van der Waals surface area (Å²) in [5.74, 6) is 0.783. The Balaban J connectivity index is 2.07. The van der Waals surface area contributed by atoms with Gasteiger partial charge in [-0.3, -0.25) is 4.79 Å². The third-order valence-electron chi connectivity index (χ3n) is 3.25. The molecule has 0 fully saturated rings. The van der Waals surface area contributed by atoms with Gasteiger partial charge in [0.25, 0.3) is 0 Å². The van der Waals surface area contributed by atoms with E-state index in [1.807, 2.05) is 63.2 Å². The minimum absolute atomic E-state index is 0.00426.